The molecule has 0 spiro atoms. The predicted molar refractivity (Wildman–Crippen MR) is 80.7 cm³/mol. The van der Waals surface area contributed by atoms with Crippen LogP contribution < -0.4 is 11.1 Å². The number of aryl methyl sites for hydroxylation is 3. The van der Waals surface area contributed by atoms with E-state index in [0.29, 0.717) is 21.9 Å². The average Bonchev–Trinajstić information content (AvgIpc) is 2.90. The third-order valence-corrected chi connectivity index (χ3v) is 4.15. The van der Waals surface area contributed by atoms with Crippen LogP contribution in [0.1, 0.15) is 31.4 Å². The highest BCUT2D eigenvalue weighted by molar-refractivity contribution is 7.12. The maximum atomic E-state index is 12.4. The molecular weight excluding hydrogens is 292 g/mol. The molecule has 8 heteroatoms. The number of carbonyl (C=O) groups is 2. The number of anilines is 2. The molecule has 0 aliphatic rings. The van der Waals surface area contributed by atoms with Gasteiger partial charge in [-0.2, -0.15) is 5.10 Å². The molecule has 0 saturated carbocycles. The summed E-state index contributed by atoms with van der Waals surface area (Å²) in [6, 6.07) is 0. The molecule has 0 aromatic carbocycles. The fraction of sp³-hybridized carbons (Fsp3) is 0.308. The van der Waals surface area contributed by atoms with Gasteiger partial charge < -0.3 is 15.8 Å². The average molecular weight is 308 g/mol. The molecule has 0 fully saturated rings. The van der Waals surface area contributed by atoms with Gasteiger partial charge in [0, 0.05) is 7.05 Å². The highest BCUT2D eigenvalue weighted by atomic mass is 32.1. The van der Waals surface area contributed by atoms with Crippen LogP contribution in [0.5, 0.6) is 0 Å². The van der Waals surface area contributed by atoms with Gasteiger partial charge in [-0.05, 0) is 24.8 Å². The molecule has 21 heavy (non-hydrogen) atoms. The lowest BCUT2D eigenvalue weighted by atomic mass is 10.2. The topological polar surface area (TPSA) is 99.2 Å². The Morgan fingerprint density at radius 3 is 2.62 bits per heavy atom. The Labute approximate surface area is 125 Å². The molecule has 3 N–H and O–H groups in total. The number of rotatable bonds is 3. The molecule has 0 atom stereocenters. The van der Waals surface area contributed by atoms with Crippen LogP contribution in [0.4, 0.5) is 11.4 Å². The summed E-state index contributed by atoms with van der Waals surface area (Å²) in [5.41, 5.74) is 8.25. The molecule has 112 valence electrons. The molecule has 2 rings (SSSR count). The van der Waals surface area contributed by atoms with E-state index in [1.165, 1.54) is 23.1 Å². The van der Waals surface area contributed by atoms with Crippen molar-refractivity contribution in [3.05, 3.63) is 27.2 Å². The normalized spacial score (nSPS) is 10.5. The molecule has 0 bridgehead atoms. The molecule has 2 heterocycles. The minimum atomic E-state index is -0.488. The van der Waals surface area contributed by atoms with Gasteiger partial charge in [0.1, 0.15) is 10.6 Å². The van der Waals surface area contributed by atoms with Crippen molar-refractivity contribution < 1.29 is 14.3 Å². The van der Waals surface area contributed by atoms with Gasteiger partial charge in [-0.3, -0.25) is 9.48 Å². The van der Waals surface area contributed by atoms with Crippen LogP contribution in [-0.2, 0) is 11.8 Å². The van der Waals surface area contributed by atoms with Crippen molar-refractivity contribution in [3.8, 4) is 0 Å². The molecule has 2 aromatic heterocycles. The van der Waals surface area contributed by atoms with Gasteiger partial charge in [-0.25, -0.2) is 4.79 Å². The summed E-state index contributed by atoms with van der Waals surface area (Å²) >= 11 is 1.22. The van der Waals surface area contributed by atoms with Crippen LogP contribution in [0.25, 0.3) is 0 Å². The molecule has 0 radical (unpaired) electrons. The van der Waals surface area contributed by atoms with Gasteiger partial charge in [0.15, 0.2) is 0 Å². The Hall–Kier alpha value is -2.35. The lowest BCUT2D eigenvalue weighted by molar-refractivity contribution is 0.0607. The molecule has 7 nitrogen and oxygen atoms in total. The van der Waals surface area contributed by atoms with Gasteiger partial charge in [0.25, 0.3) is 5.91 Å². The first-order chi connectivity index (χ1) is 9.86. The fourth-order valence-electron chi connectivity index (χ4n) is 1.96. The van der Waals surface area contributed by atoms with Gasteiger partial charge in [-0.1, -0.05) is 0 Å². The smallest absolute Gasteiger partial charge is 0.350 e. The third-order valence-electron chi connectivity index (χ3n) is 3.07. The van der Waals surface area contributed by atoms with E-state index in [2.05, 4.69) is 10.4 Å². The van der Waals surface area contributed by atoms with Crippen molar-refractivity contribution in [1.29, 1.82) is 0 Å². The minimum Gasteiger partial charge on any atom is -0.465 e. The number of hydrogen-bond acceptors (Lipinski definition) is 6. The van der Waals surface area contributed by atoms with Crippen molar-refractivity contribution in [2.75, 3.05) is 18.2 Å². The second-order valence-electron chi connectivity index (χ2n) is 4.54. The SMILES string of the molecule is COC(=O)c1scc(C)c1NC(=O)c1c(N)c(C)nn1C. The van der Waals surface area contributed by atoms with E-state index in [0.717, 1.165) is 5.56 Å². The second kappa shape index (κ2) is 5.57. The maximum absolute atomic E-state index is 12.4. The minimum absolute atomic E-state index is 0.258. The van der Waals surface area contributed by atoms with Crippen LogP contribution in [0.3, 0.4) is 0 Å². The van der Waals surface area contributed by atoms with E-state index in [1.807, 2.05) is 0 Å². The molecule has 0 aliphatic carbocycles. The first kappa shape index (κ1) is 15.0. The third kappa shape index (κ3) is 2.62. The number of aromatic nitrogens is 2. The summed E-state index contributed by atoms with van der Waals surface area (Å²) in [4.78, 5) is 24.4. The Kier molecular flexibility index (Phi) is 3.99. The zero-order valence-electron chi connectivity index (χ0n) is 12.2. The standard InChI is InChI=1S/C13H16N4O3S/c1-6-5-21-11(13(19)20-4)9(6)15-12(18)10-8(14)7(2)16-17(10)3/h5H,14H2,1-4H3,(H,15,18). The quantitative estimate of drug-likeness (QED) is 0.841. The summed E-state index contributed by atoms with van der Waals surface area (Å²) < 4.78 is 6.12. The van der Waals surface area contributed by atoms with Crippen LogP contribution in [0.2, 0.25) is 0 Å². The molecule has 1 amide bonds. The van der Waals surface area contributed by atoms with E-state index < -0.39 is 11.9 Å². The molecule has 0 aliphatic heterocycles. The highest BCUT2D eigenvalue weighted by Gasteiger charge is 2.23. The van der Waals surface area contributed by atoms with Crippen molar-refractivity contribution in [3.63, 3.8) is 0 Å². The number of esters is 1. The van der Waals surface area contributed by atoms with Crippen molar-refractivity contribution in [2.45, 2.75) is 13.8 Å². The Morgan fingerprint density at radius 1 is 1.43 bits per heavy atom. The Balaban J connectivity index is 2.36. The van der Waals surface area contributed by atoms with E-state index in [-0.39, 0.29) is 5.69 Å². The summed E-state index contributed by atoms with van der Waals surface area (Å²) in [7, 11) is 2.94. The number of amides is 1. The predicted octanol–water partition coefficient (Wildman–Crippen LogP) is 1.72. The number of hydrogen-bond donors (Lipinski definition) is 2. The van der Waals surface area contributed by atoms with Crippen molar-refractivity contribution in [2.24, 2.45) is 7.05 Å². The molecule has 2 aromatic rings. The number of nitrogens with zero attached hydrogens (tertiary/aromatic N) is 2. The fourth-order valence-corrected chi connectivity index (χ4v) is 2.88. The maximum Gasteiger partial charge on any atom is 0.350 e. The number of carbonyl (C=O) groups excluding carboxylic acids is 2. The highest BCUT2D eigenvalue weighted by Crippen LogP contribution is 2.29. The van der Waals surface area contributed by atoms with Crippen molar-refractivity contribution >= 4 is 34.6 Å². The monoisotopic (exact) mass is 308 g/mol. The van der Waals surface area contributed by atoms with Gasteiger partial charge >= 0.3 is 5.97 Å². The van der Waals surface area contributed by atoms with Crippen molar-refractivity contribution in [1.82, 2.24) is 9.78 Å². The number of thiophene rings is 1. The molecule has 0 unspecified atom stereocenters. The summed E-state index contributed by atoms with van der Waals surface area (Å²) in [5, 5.41) is 8.59. The molecule has 0 saturated heterocycles. The number of nitrogens with two attached hydrogens (primary N) is 1. The zero-order chi connectivity index (χ0) is 15.7. The summed E-state index contributed by atoms with van der Waals surface area (Å²) in [6.45, 7) is 3.53. The van der Waals surface area contributed by atoms with Gasteiger partial charge in [-0.15, -0.1) is 11.3 Å². The van der Waals surface area contributed by atoms with Gasteiger partial charge in [0.05, 0.1) is 24.2 Å². The number of methoxy groups -OCH3 is 1. The summed E-state index contributed by atoms with van der Waals surface area (Å²) in [6.07, 6.45) is 0. The van der Waals surface area contributed by atoms with E-state index >= 15 is 0 Å². The largest absolute Gasteiger partial charge is 0.465 e. The lowest BCUT2D eigenvalue weighted by Crippen LogP contribution is -2.19. The van der Waals surface area contributed by atoms with Crippen LogP contribution >= 0.6 is 11.3 Å². The first-order valence-corrected chi connectivity index (χ1v) is 7.01. The van der Waals surface area contributed by atoms with E-state index in [1.54, 1.807) is 26.3 Å². The van der Waals surface area contributed by atoms with Crippen LogP contribution in [0, 0.1) is 13.8 Å². The van der Waals surface area contributed by atoms with E-state index in [9.17, 15) is 9.59 Å². The Morgan fingerprint density at radius 2 is 2.10 bits per heavy atom. The van der Waals surface area contributed by atoms with Gasteiger partial charge in [0.2, 0.25) is 0 Å². The first-order valence-electron chi connectivity index (χ1n) is 6.13. The lowest BCUT2D eigenvalue weighted by Gasteiger charge is -2.08. The Bertz CT molecular complexity index is 717. The number of ether oxygens (including phenoxy) is 1. The van der Waals surface area contributed by atoms with Crippen LogP contribution in [-0.4, -0.2) is 28.8 Å². The summed E-state index contributed by atoms with van der Waals surface area (Å²) in [5.74, 6) is -0.903. The zero-order valence-corrected chi connectivity index (χ0v) is 13.0. The number of nitrogen functional groups attached to an aromatic ring is 1. The number of nitrogens with one attached hydrogen (secondary N) is 1. The van der Waals surface area contributed by atoms with Crippen LogP contribution in [0.15, 0.2) is 5.38 Å². The van der Waals surface area contributed by atoms with E-state index in [4.69, 9.17) is 10.5 Å². The second-order valence-corrected chi connectivity index (χ2v) is 5.42. The molecular formula is C13H16N4O3S.